The van der Waals surface area contributed by atoms with Crippen LogP contribution in [0.4, 0.5) is 4.39 Å². The molecular formula is C4H6FN3. The third-order valence-electron chi connectivity index (χ3n) is 0.912. The quantitative estimate of drug-likeness (QED) is 0.485. The Balaban J connectivity index is 3.19. The lowest BCUT2D eigenvalue weighted by Crippen LogP contribution is -1.93. The van der Waals surface area contributed by atoms with Crippen LogP contribution in [-0.2, 0) is 7.05 Å². The predicted octanol–water partition coefficient (Wildman–Crippen LogP) is 0.263. The van der Waals surface area contributed by atoms with Gasteiger partial charge in [0.2, 0.25) is 5.95 Å². The maximum Gasteiger partial charge on any atom is 0.234 e. The standard InChI is InChI=1S/C4H6FN3/c1-3-4(5)8(2)7-6-3/h1-2H3. The van der Waals surface area contributed by atoms with Gasteiger partial charge in [-0.2, -0.15) is 4.39 Å². The van der Waals surface area contributed by atoms with Crippen molar-refractivity contribution in [1.29, 1.82) is 0 Å². The van der Waals surface area contributed by atoms with Gasteiger partial charge < -0.3 is 0 Å². The Morgan fingerprint density at radius 2 is 2.25 bits per heavy atom. The first-order valence-corrected chi connectivity index (χ1v) is 2.23. The van der Waals surface area contributed by atoms with Crippen molar-refractivity contribution < 1.29 is 4.39 Å². The summed E-state index contributed by atoms with van der Waals surface area (Å²) < 4.78 is 13.4. The van der Waals surface area contributed by atoms with Gasteiger partial charge in [0.25, 0.3) is 0 Å². The van der Waals surface area contributed by atoms with Crippen molar-refractivity contribution in [2.75, 3.05) is 0 Å². The molecule has 0 saturated heterocycles. The van der Waals surface area contributed by atoms with Crippen LogP contribution in [0.25, 0.3) is 0 Å². The number of halogens is 1. The summed E-state index contributed by atoms with van der Waals surface area (Å²) in [5, 5.41) is 6.86. The highest BCUT2D eigenvalue weighted by Gasteiger charge is 2.01. The highest BCUT2D eigenvalue weighted by Crippen LogP contribution is 1.95. The van der Waals surface area contributed by atoms with Gasteiger partial charge >= 0.3 is 0 Å². The third kappa shape index (κ3) is 0.576. The van der Waals surface area contributed by atoms with Gasteiger partial charge in [-0.25, -0.2) is 4.68 Å². The van der Waals surface area contributed by atoms with E-state index in [1.165, 1.54) is 7.05 Å². The van der Waals surface area contributed by atoms with E-state index in [0.29, 0.717) is 5.69 Å². The first-order chi connectivity index (χ1) is 3.72. The monoisotopic (exact) mass is 115 g/mol. The molecule has 44 valence electrons. The van der Waals surface area contributed by atoms with Gasteiger partial charge in [-0.15, -0.1) is 5.10 Å². The molecular weight excluding hydrogens is 109 g/mol. The van der Waals surface area contributed by atoms with Crippen molar-refractivity contribution in [1.82, 2.24) is 15.0 Å². The van der Waals surface area contributed by atoms with E-state index in [1.807, 2.05) is 0 Å². The highest BCUT2D eigenvalue weighted by atomic mass is 19.1. The summed E-state index contributed by atoms with van der Waals surface area (Å²) in [4.78, 5) is 0. The van der Waals surface area contributed by atoms with Gasteiger partial charge in [0.15, 0.2) is 0 Å². The van der Waals surface area contributed by atoms with Gasteiger partial charge in [-0.3, -0.25) is 0 Å². The lowest BCUT2D eigenvalue weighted by atomic mass is 10.5. The minimum atomic E-state index is -0.370. The van der Waals surface area contributed by atoms with Crippen LogP contribution in [0.2, 0.25) is 0 Å². The number of aryl methyl sites for hydroxylation is 2. The SMILES string of the molecule is Cc1nnn(C)c1F. The Bertz CT molecular complexity index is 174. The number of hydrogen-bond donors (Lipinski definition) is 0. The molecule has 0 N–H and O–H groups in total. The van der Waals surface area contributed by atoms with E-state index >= 15 is 0 Å². The molecule has 0 aromatic carbocycles. The van der Waals surface area contributed by atoms with E-state index in [9.17, 15) is 4.39 Å². The fraction of sp³-hybridized carbons (Fsp3) is 0.500. The molecule has 0 unspecified atom stereocenters. The first-order valence-electron chi connectivity index (χ1n) is 2.23. The summed E-state index contributed by atoms with van der Waals surface area (Å²) >= 11 is 0. The molecule has 1 aromatic heterocycles. The molecule has 0 saturated carbocycles. The third-order valence-corrected chi connectivity index (χ3v) is 0.912. The Labute approximate surface area is 46.1 Å². The lowest BCUT2D eigenvalue weighted by Gasteiger charge is -1.82. The topological polar surface area (TPSA) is 30.7 Å². The van der Waals surface area contributed by atoms with Gasteiger partial charge in [-0.1, -0.05) is 5.21 Å². The molecule has 0 aliphatic rings. The van der Waals surface area contributed by atoms with E-state index in [-0.39, 0.29) is 5.95 Å². The van der Waals surface area contributed by atoms with Gasteiger partial charge in [0.1, 0.15) is 5.69 Å². The minimum Gasteiger partial charge on any atom is -0.222 e. The number of aromatic nitrogens is 3. The molecule has 0 spiro atoms. The van der Waals surface area contributed by atoms with Gasteiger partial charge in [-0.05, 0) is 6.92 Å². The van der Waals surface area contributed by atoms with Gasteiger partial charge in [0.05, 0.1) is 0 Å². The lowest BCUT2D eigenvalue weighted by molar-refractivity contribution is 0.496. The van der Waals surface area contributed by atoms with Crippen LogP contribution in [-0.4, -0.2) is 15.0 Å². The van der Waals surface area contributed by atoms with Crippen LogP contribution in [0.1, 0.15) is 5.69 Å². The second kappa shape index (κ2) is 1.54. The Hall–Kier alpha value is -0.930. The van der Waals surface area contributed by atoms with Crippen molar-refractivity contribution in [2.45, 2.75) is 6.92 Å². The summed E-state index contributed by atoms with van der Waals surface area (Å²) in [5.41, 5.74) is 0.340. The van der Waals surface area contributed by atoms with Crippen molar-refractivity contribution >= 4 is 0 Å². The maximum absolute atomic E-state index is 12.3. The number of nitrogens with zero attached hydrogens (tertiary/aromatic N) is 3. The summed E-state index contributed by atoms with van der Waals surface area (Å²) in [7, 11) is 1.51. The zero-order valence-electron chi connectivity index (χ0n) is 4.72. The summed E-state index contributed by atoms with van der Waals surface area (Å²) in [5.74, 6) is -0.370. The van der Waals surface area contributed by atoms with Crippen LogP contribution in [0.15, 0.2) is 0 Å². The van der Waals surface area contributed by atoms with Gasteiger partial charge in [0, 0.05) is 7.05 Å². The number of rotatable bonds is 0. The van der Waals surface area contributed by atoms with E-state index in [4.69, 9.17) is 0 Å². The van der Waals surface area contributed by atoms with Crippen LogP contribution < -0.4 is 0 Å². The number of hydrogen-bond acceptors (Lipinski definition) is 2. The molecule has 0 aliphatic carbocycles. The van der Waals surface area contributed by atoms with Crippen molar-refractivity contribution in [3.63, 3.8) is 0 Å². The molecule has 4 heteroatoms. The molecule has 0 atom stereocenters. The Morgan fingerprint density at radius 1 is 1.62 bits per heavy atom. The summed E-state index contributed by atoms with van der Waals surface area (Å²) in [6, 6.07) is 0. The Kier molecular flexibility index (Phi) is 1.00. The first kappa shape index (κ1) is 5.21. The van der Waals surface area contributed by atoms with E-state index in [0.717, 1.165) is 4.68 Å². The largest absolute Gasteiger partial charge is 0.234 e. The zero-order valence-corrected chi connectivity index (χ0v) is 4.72. The maximum atomic E-state index is 12.3. The molecule has 1 rings (SSSR count). The normalized spacial score (nSPS) is 9.88. The average Bonchev–Trinajstić information content (AvgIpc) is 1.98. The molecule has 0 bridgehead atoms. The molecule has 8 heavy (non-hydrogen) atoms. The van der Waals surface area contributed by atoms with Crippen molar-refractivity contribution in [3.8, 4) is 0 Å². The van der Waals surface area contributed by atoms with E-state index in [2.05, 4.69) is 10.3 Å². The van der Waals surface area contributed by atoms with Crippen molar-refractivity contribution in [3.05, 3.63) is 11.6 Å². The van der Waals surface area contributed by atoms with Crippen LogP contribution >= 0.6 is 0 Å². The fourth-order valence-corrected chi connectivity index (χ4v) is 0.449. The fourth-order valence-electron chi connectivity index (χ4n) is 0.449. The predicted molar refractivity (Wildman–Crippen MR) is 25.7 cm³/mol. The van der Waals surface area contributed by atoms with Crippen molar-refractivity contribution in [2.24, 2.45) is 7.05 Å². The molecule has 0 amide bonds. The molecule has 1 aromatic rings. The molecule has 0 aliphatic heterocycles. The summed E-state index contributed by atoms with van der Waals surface area (Å²) in [6.07, 6.45) is 0. The van der Waals surface area contributed by atoms with Crippen LogP contribution in [0.3, 0.4) is 0 Å². The second-order valence-electron chi connectivity index (χ2n) is 1.59. The average molecular weight is 115 g/mol. The van der Waals surface area contributed by atoms with E-state index < -0.39 is 0 Å². The second-order valence-corrected chi connectivity index (χ2v) is 1.59. The minimum absolute atomic E-state index is 0.340. The zero-order chi connectivity index (χ0) is 6.15. The van der Waals surface area contributed by atoms with E-state index in [1.54, 1.807) is 6.92 Å². The summed E-state index contributed by atoms with van der Waals surface area (Å²) in [6.45, 7) is 1.57. The Morgan fingerprint density at radius 3 is 2.38 bits per heavy atom. The van der Waals surface area contributed by atoms with Crippen LogP contribution in [0.5, 0.6) is 0 Å². The highest BCUT2D eigenvalue weighted by molar-refractivity contribution is 4.89. The van der Waals surface area contributed by atoms with Crippen LogP contribution in [0, 0.1) is 12.9 Å². The molecule has 0 radical (unpaired) electrons. The molecule has 3 nitrogen and oxygen atoms in total. The smallest absolute Gasteiger partial charge is 0.222 e. The molecule has 0 fully saturated rings. The molecule has 1 heterocycles.